The highest BCUT2D eigenvalue weighted by Gasteiger charge is 2.27. The van der Waals surface area contributed by atoms with E-state index in [9.17, 15) is 13.2 Å². The van der Waals surface area contributed by atoms with E-state index in [2.05, 4.69) is 5.32 Å². The minimum Gasteiger partial charge on any atom is -0.340 e. The van der Waals surface area contributed by atoms with Crippen molar-refractivity contribution in [2.24, 2.45) is 0 Å². The van der Waals surface area contributed by atoms with Gasteiger partial charge in [0.15, 0.2) is 0 Å². The van der Waals surface area contributed by atoms with Crippen LogP contribution in [0.1, 0.15) is 12.8 Å². The van der Waals surface area contributed by atoms with Crippen LogP contribution in [0.5, 0.6) is 0 Å². The van der Waals surface area contributed by atoms with Crippen LogP contribution in [-0.2, 0) is 14.8 Å². The van der Waals surface area contributed by atoms with E-state index in [1.165, 1.54) is 31.3 Å². The van der Waals surface area contributed by atoms with Crippen LogP contribution < -0.4 is 5.32 Å². The number of hydrogen-bond donors (Lipinski definition) is 1. The van der Waals surface area contributed by atoms with Crippen molar-refractivity contribution >= 4 is 27.5 Å². The van der Waals surface area contributed by atoms with Gasteiger partial charge in [-0.05, 0) is 44.2 Å². The molecular formula is C15H22ClN3O3S. The van der Waals surface area contributed by atoms with E-state index in [1.54, 1.807) is 4.90 Å². The molecule has 23 heavy (non-hydrogen) atoms. The number of carbonyl (C=O) groups is 1. The maximum atomic E-state index is 12.5. The molecule has 1 atom stereocenters. The molecule has 1 aromatic rings. The van der Waals surface area contributed by atoms with Crippen LogP contribution in [0.25, 0.3) is 0 Å². The Bertz CT molecular complexity index is 648. The highest BCUT2D eigenvalue weighted by Crippen LogP contribution is 2.18. The Balaban J connectivity index is 2.04. The van der Waals surface area contributed by atoms with Gasteiger partial charge in [-0.2, -0.15) is 4.31 Å². The third kappa shape index (κ3) is 4.44. The monoisotopic (exact) mass is 359 g/mol. The van der Waals surface area contributed by atoms with E-state index in [4.69, 9.17) is 11.6 Å². The summed E-state index contributed by atoms with van der Waals surface area (Å²) < 4.78 is 26.0. The number of nitrogens with one attached hydrogen (secondary N) is 1. The second-order valence-electron chi connectivity index (χ2n) is 5.68. The molecule has 128 valence electrons. The molecule has 2 rings (SSSR count). The van der Waals surface area contributed by atoms with E-state index in [-0.39, 0.29) is 23.4 Å². The number of piperidine rings is 1. The minimum absolute atomic E-state index is 0.129. The SMILES string of the molecule is CNC1CCCN(C(=O)CN(C)S(=O)(=O)c2ccc(Cl)cc2)C1. The molecule has 0 radical (unpaired) electrons. The highest BCUT2D eigenvalue weighted by atomic mass is 35.5. The Hall–Kier alpha value is -1.15. The summed E-state index contributed by atoms with van der Waals surface area (Å²) in [5, 5.41) is 3.63. The van der Waals surface area contributed by atoms with Gasteiger partial charge < -0.3 is 10.2 Å². The molecule has 0 bridgehead atoms. The van der Waals surface area contributed by atoms with Crippen molar-refractivity contribution in [1.29, 1.82) is 0 Å². The number of halogens is 1. The predicted octanol–water partition coefficient (Wildman–Crippen LogP) is 1.17. The van der Waals surface area contributed by atoms with Gasteiger partial charge in [0.2, 0.25) is 15.9 Å². The summed E-state index contributed by atoms with van der Waals surface area (Å²) in [5.74, 6) is -0.176. The van der Waals surface area contributed by atoms with Gasteiger partial charge >= 0.3 is 0 Å². The molecule has 0 aliphatic carbocycles. The minimum atomic E-state index is -3.70. The zero-order chi connectivity index (χ0) is 17.0. The Morgan fingerprint density at radius 2 is 2.04 bits per heavy atom. The van der Waals surface area contributed by atoms with E-state index in [1.807, 2.05) is 7.05 Å². The molecular weight excluding hydrogens is 338 g/mol. The standard InChI is InChI=1S/C15H22ClN3O3S/c1-17-13-4-3-9-19(10-13)15(20)11-18(2)23(21,22)14-7-5-12(16)6-8-14/h5-8,13,17H,3-4,9-11H2,1-2H3. The lowest BCUT2D eigenvalue weighted by Gasteiger charge is -2.33. The first kappa shape index (κ1) is 18.2. The highest BCUT2D eigenvalue weighted by molar-refractivity contribution is 7.89. The van der Waals surface area contributed by atoms with Crippen molar-refractivity contribution in [3.63, 3.8) is 0 Å². The number of likely N-dealkylation sites (tertiary alicyclic amines) is 1. The van der Waals surface area contributed by atoms with E-state index >= 15 is 0 Å². The molecule has 6 nitrogen and oxygen atoms in total. The van der Waals surface area contributed by atoms with E-state index in [0.717, 1.165) is 17.1 Å². The maximum Gasteiger partial charge on any atom is 0.243 e. The second-order valence-corrected chi connectivity index (χ2v) is 8.16. The number of amides is 1. The molecule has 0 spiro atoms. The van der Waals surface area contributed by atoms with Crippen LogP contribution in [0.2, 0.25) is 5.02 Å². The number of nitrogens with zero attached hydrogens (tertiary/aromatic N) is 2. The van der Waals surface area contributed by atoms with Crippen LogP contribution in [0.4, 0.5) is 0 Å². The van der Waals surface area contributed by atoms with Crippen molar-refractivity contribution < 1.29 is 13.2 Å². The first-order chi connectivity index (χ1) is 10.8. The van der Waals surface area contributed by atoms with Crippen LogP contribution in [0.15, 0.2) is 29.2 Å². The fraction of sp³-hybridized carbons (Fsp3) is 0.533. The van der Waals surface area contributed by atoms with Gasteiger partial charge in [0, 0.05) is 31.2 Å². The third-order valence-electron chi connectivity index (χ3n) is 4.06. The van der Waals surface area contributed by atoms with Gasteiger partial charge in [-0.25, -0.2) is 8.42 Å². The quantitative estimate of drug-likeness (QED) is 0.856. The lowest BCUT2D eigenvalue weighted by molar-refractivity contribution is -0.132. The molecule has 1 aromatic carbocycles. The number of benzene rings is 1. The van der Waals surface area contributed by atoms with Gasteiger partial charge in [-0.1, -0.05) is 11.6 Å². The Labute approximate surface area is 142 Å². The molecule has 0 aromatic heterocycles. The van der Waals surface area contributed by atoms with Gasteiger partial charge in [0.05, 0.1) is 11.4 Å². The van der Waals surface area contributed by atoms with Crippen molar-refractivity contribution in [1.82, 2.24) is 14.5 Å². The number of rotatable bonds is 5. The number of carbonyl (C=O) groups excluding carboxylic acids is 1. The van der Waals surface area contributed by atoms with Gasteiger partial charge in [-0.3, -0.25) is 4.79 Å². The maximum absolute atomic E-state index is 12.5. The summed E-state index contributed by atoms with van der Waals surface area (Å²) in [6.45, 7) is 1.12. The third-order valence-corrected chi connectivity index (χ3v) is 6.13. The van der Waals surface area contributed by atoms with Gasteiger partial charge in [-0.15, -0.1) is 0 Å². The topological polar surface area (TPSA) is 69.7 Å². The number of likely N-dealkylation sites (N-methyl/N-ethyl adjacent to an activating group) is 2. The average Bonchev–Trinajstić information content (AvgIpc) is 2.55. The normalized spacial score (nSPS) is 19.1. The Morgan fingerprint density at radius 3 is 2.65 bits per heavy atom. The van der Waals surface area contributed by atoms with Gasteiger partial charge in [0.25, 0.3) is 0 Å². The molecule has 1 heterocycles. The number of hydrogen-bond acceptors (Lipinski definition) is 4. The average molecular weight is 360 g/mol. The summed E-state index contributed by atoms with van der Waals surface area (Å²) in [6, 6.07) is 6.19. The molecule has 1 N–H and O–H groups in total. The van der Waals surface area contributed by atoms with Crippen molar-refractivity contribution in [3.05, 3.63) is 29.3 Å². The van der Waals surface area contributed by atoms with Crippen LogP contribution in [-0.4, -0.2) is 63.3 Å². The van der Waals surface area contributed by atoms with E-state index in [0.29, 0.717) is 18.1 Å². The van der Waals surface area contributed by atoms with Crippen molar-refractivity contribution in [3.8, 4) is 0 Å². The Kier molecular flexibility index (Phi) is 6.02. The molecule has 1 unspecified atom stereocenters. The summed E-state index contributed by atoms with van der Waals surface area (Å²) in [4.78, 5) is 14.2. The zero-order valence-corrected chi connectivity index (χ0v) is 14.9. The molecule has 1 fully saturated rings. The molecule has 8 heteroatoms. The molecule has 1 saturated heterocycles. The fourth-order valence-electron chi connectivity index (χ4n) is 2.60. The number of sulfonamides is 1. The summed E-state index contributed by atoms with van der Waals surface area (Å²) >= 11 is 5.78. The van der Waals surface area contributed by atoms with Crippen molar-refractivity contribution in [2.75, 3.05) is 33.7 Å². The molecule has 0 saturated carbocycles. The molecule has 1 aliphatic heterocycles. The summed E-state index contributed by atoms with van der Waals surface area (Å²) in [5.41, 5.74) is 0. The Morgan fingerprint density at radius 1 is 1.39 bits per heavy atom. The fourth-order valence-corrected chi connectivity index (χ4v) is 3.85. The predicted molar refractivity (Wildman–Crippen MR) is 89.9 cm³/mol. The zero-order valence-electron chi connectivity index (χ0n) is 13.3. The van der Waals surface area contributed by atoms with Crippen molar-refractivity contribution in [2.45, 2.75) is 23.8 Å². The molecule has 1 amide bonds. The van der Waals surface area contributed by atoms with E-state index < -0.39 is 10.0 Å². The van der Waals surface area contributed by atoms with Gasteiger partial charge in [0.1, 0.15) is 0 Å². The first-order valence-corrected chi connectivity index (χ1v) is 9.33. The molecule has 1 aliphatic rings. The second kappa shape index (κ2) is 7.61. The summed E-state index contributed by atoms with van der Waals surface area (Å²) in [6.07, 6.45) is 1.95. The smallest absolute Gasteiger partial charge is 0.243 e. The van der Waals surface area contributed by atoms with Crippen LogP contribution in [0, 0.1) is 0 Å². The van der Waals surface area contributed by atoms with Crippen LogP contribution in [0.3, 0.4) is 0 Å². The lowest BCUT2D eigenvalue weighted by Crippen LogP contribution is -2.50. The lowest BCUT2D eigenvalue weighted by atomic mass is 10.1. The summed E-state index contributed by atoms with van der Waals surface area (Å²) in [7, 11) is -0.408. The van der Waals surface area contributed by atoms with Crippen LogP contribution >= 0.6 is 11.6 Å². The largest absolute Gasteiger partial charge is 0.340 e. The first-order valence-electron chi connectivity index (χ1n) is 7.51.